The third-order valence-electron chi connectivity index (χ3n) is 8.79. The zero-order valence-electron chi connectivity index (χ0n) is 33.1. The van der Waals surface area contributed by atoms with Gasteiger partial charge >= 0.3 is 11.9 Å². The largest absolute Gasteiger partial charge is 0.756 e. The Morgan fingerprint density at radius 2 is 1.02 bits per heavy atom. The van der Waals surface area contributed by atoms with Crippen LogP contribution in [0.25, 0.3) is 0 Å². The summed E-state index contributed by atoms with van der Waals surface area (Å²) in [6.07, 6.45) is 32.3. The van der Waals surface area contributed by atoms with E-state index in [1.807, 2.05) is 21.1 Å². The van der Waals surface area contributed by atoms with E-state index in [9.17, 15) is 19.0 Å². The molecule has 10 heteroatoms. The minimum Gasteiger partial charge on any atom is -0.756 e. The third-order valence-corrected chi connectivity index (χ3v) is 9.75. The van der Waals surface area contributed by atoms with Crippen molar-refractivity contribution in [1.82, 2.24) is 0 Å². The van der Waals surface area contributed by atoms with Gasteiger partial charge in [-0.15, -0.1) is 0 Å². The molecule has 0 amide bonds. The minimum atomic E-state index is -4.61. The lowest BCUT2D eigenvalue weighted by molar-refractivity contribution is -0.870. The summed E-state index contributed by atoms with van der Waals surface area (Å²) >= 11 is 0. The number of rotatable bonds is 37. The van der Waals surface area contributed by atoms with E-state index in [-0.39, 0.29) is 26.1 Å². The van der Waals surface area contributed by atoms with E-state index in [0.717, 1.165) is 51.4 Å². The quantitative estimate of drug-likeness (QED) is 0.0204. The van der Waals surface area contributed by atoms with Crippen LogP contribution in [0.4, 0.5) is 0 Å². The lowest BCUT2D eigenvalue weighted by Crippen LogP contribution is -2.37. The first-order valence-corrected chi connectivity index (χ1v) is 21.9. The number of ether oxygens (including phenoxy) is 2. The maximum Gasteiger partial charge on any atom is 0.306 e. The van der Waals surface area contributed by atoms with Crippen LogP contribution >= 0.6 is 7.82 Å². The number of unbranched alkanes of at least 4 members (excludes halogenated alkanes) is 21. The molecule has 296 valence electrons. The summed E-state index contributed by atoms with van der Waals surface area (Å²) < 4.78 is 33.8. The van der Waals surface area contributed by atoms with Gasteiger partial charge in [-0.2, -0.15) is 0 Å². The zero-order valence-corrected chi connectivity index (χ0v) is 34.0. The van der Waals surface area contributed by atoms with Gasteiger partial charge in [0, 0.05) is 12.8 Å². The number of carbonyl (C=O) groups excluding carboxylic acids is 2. The fraction of sp³-hybridized carbons (Fsp3) is 0.900. The van der Waals surface area contributed by atoms with Gasteiger partial charge in [-0.3, -0.25) is 14.2 Å². The van der Waals surface area contributed by atoms with Crippen LogP contribution in [-0.4, -0.2) is 70.0 Å². The van der Waals surface area contributed by atoms with Crippen molar-refractivity contribution in [3.05, 3.63) is 12.2 Å². The van der Waals surface area contributed by atoms with Crippen molar-refractivity contribution in [1.29, 1.82) is 0 Å². The number of phosphoric acid groups is 1. The van der Waals surface area contributed by atoms with Gasteiger partial charge in [0.1, 0.15) is 19.8 Å². The van der Waals surface area contributed by atoms with E-state index in [2.05, 4.69) is 26.0 Å². The molecule has 0 aromatic rings. The summed E-state index contributed by atoms with van der Waals surface area (Å²) in [6.45, 7) is 4.20. The number of likely N-dealkylation sites (N-methyl/N-ethyl adjacent to an activating group) is 1. The molecule has 0 aliphatic rings. The van der Waals surface area contributed by atoms with E-state index in [0.29, 0.717) is 17.4 Å². The molecular weight excluding hydrogens is 653 g/mol. The van der Waals surface area contributed by atoms with Gasteiger partial charge in [-0.05, 0) is 38.5 Å². The SMILES string of the molecule is CCCCCCCC/C=C\CCCCCCCC(=O)OCC(COP(=O)([O-])OCC[N+](C)(C)C)OC(=O)CCCCCCCCCCCCC. The van der Waals surface area contributed by atoms with Crippen LogP contribution in [-0.2, 0) is 32.7 Å². The first-order chi connectivity index (χ1) is 24.0. The second-order valence-corrected chi connectivity index (χ2v) is 16.4. The fourth-order valence-corrected chi connectivity index (χ4v) is 6.26. The van der Waals surface area contributed by atoms with E-state index in [1.54, 1.807) is 0 Å². The van der Waals surface area contributed by atoms with Crippen molar-refractivity contribution < 1.29 is 42.1 Å². The Balaban J connectivity index is 4.38. The summed E-state index contributed by atoms with van der Waals surface area (Å²) in [7, 11) is 1.17. The Morgan fingerprint density at radius 3 is 1.48 bits per heavy atom. The van der Waals surface area contributed by atoms with Gasteiger partial charge in [-0.1, -0.05) is 142 Å². The van der Waals surface area contributed by atoms with Crippen LogP contribution in [0, 0.1) is 0 Å². The number of hydrogen-bond donors (Lipinski definition) is 0. The lowest BCUT2D eigenvalue weighted by atomic mass is 10.1. The smallest absolute Gasteiger partial charge is 0.306 e. The number of nitrogens with zero attached hydrogens (tertiary/aromatic N) is 1. The second-order valence-electron chi connectivity index (χ2n) is 15.0. The van der Waals surface area contributed by atoms with Crippen molar-refractivity contribution in [2.75, 3.05) is 47.5 Å². The maximum absolute atomic E-state index is 12.6. The molecule has 2 atom stereocenters. The van der Waals surface area contributed by atoms with Crippen molar-refractivity contribution >= 4 is 19.8 Å². The monoisotopic (exact) mass is 732 g/mol. The van der Waals surface area contributed by atoms with Crippen LogP contribution in [0.2, 0.25) is 0 Å². The standard InChI is InChI=1S/C40H78NO8P/c1-6-8-10-12-14-16-18-19-20-21-23-24-26-28-30-32-39(42)46-36-38(37-48-50(44,45)47-35-34-41(3,4)5)49-40(43)33-31-29-27-25-22-17-15-13-11-9-7-2/h19-20,38H,6-18,21-37H2,1-5H3/b20-19-. The minimum absolute atomic E-state index is 0.0292. The molecule has 0 rings (SSSR count). The Kier molecular flexibility index (Phi) is 32.7. The Morgan fingerprint density at radius 1 is 0.600 bits per heavy atom. The molecule has 0 fully saturated rings. The molecule has 0 saturated carbocycles. The van der Waals surface area contributed by atoms with Gasteiger partial charge in [0.15, 0.2) is 6.10 Å². The summed E-state index contributed by atoms with van der Waals surface area (Å²) in [5, 5.41) is 0. The average Bonchev–Trinajstić information content (AvgIpc) is 3.06. The lowest BCUT2D eigenvalue weighted by Gasteiger charge is -2.28. The number of phosphoric ester groups is 1. The molecule has 0 radical (unpaired) electrons. The van der Waals surface area contributed by atoms with Gasteiger partial charge in [-0.25, -0.2) is 0 Å². The molecule has 0 aliphatic heterocycles. The predicted octanol–water partition coefficient (Wildman–Crippen LogP) is 10.4. The van der Waals surface area contributed by atoms with Gasteiger partial charge < -0.3 is 27.9 Å². The van der Waals surface area contributed by atoms with Gasteiger partial charge in [0.2, 0.25) is 0 Å². The van der Waals surface area contributed by atoms with Crippen LogP contribution in [0.3, 0.4) is 0 Å². The van der Waals surface area contributed by atoms with Crippen LogP contribution in [0.15, 0.2) is 12.2 Å². The van der Waals surface area contributed by atoms with Crippen molar-refractivity contribution in [3.8, 4) is 0 Å². The van der Waals surface area contributed by atoms with E-state index < -0.39 is 32.5 Å². The molecule has 0 heterocycles. The van der Waals surface area contributed by atoms with Crippen LogP contribution in [0.1, 0.15) is 181 Å². The Bertz CT molecular complexity index is 876. The number of esters is 2. The van der Waals surface area contributed by atoms with E-state index in [1.165, 1.54) is 96.3 Å². The maximum atomic E-state index is 12.6. The molecule has 0 N–H and O–H groups in total. The van der Waals surface area contributed by atoms with Crippen molar-refractivity contribution in [3.63, 3.8) is 0 Å². The molecule has 50 heavy (non-hydrogen) atoms. The molecule has 0 aromatic carbocycles. The first-order valence-electron chi connectivity index (χ1n) is 20.4. The molecule has 9 nitrogen and oxygen atoms in total. The average molecular weight is 732 g/mol. The van der Waals surface area contributed by atoms with E-state index in [4.69, 9.17) is 18.5 Å². The Hall–Kier alpha value is -1.25. The summed E-state index contributed by atoms with van der Waals surface area (Å²) in [6, 6.07) is 0. The highest BCUT2D eigenvalue weighted by Gasteiger charge is 2.21. The van der Waals surface area contributed by atoms with Crippen molar-refractivity contribution in [2.45, 2.75) is 187 Å². The van der Waals surface area contributed by atoms with Crippen molar-refractivity contribution in [2.24, 2.45) is 0 Å². The van der Waals surface area contributed by atoms with E-state index >= 15 is 0 Å². The Labute approximate surface area is 307 Å². The highest BCUT2D eigenvalue weighted by Crippen LogP contribution is 2.38. The number of carbonyl (C=O) groups is 2. The number of allylic oxidation sites excluding steroid dienone is 2. The molecule has 0 aliphatic carbocycles. The zero-order chi connectivity index (χ0) is 37.2. The van der Waals surface area contributed by atoms with Gasteiger partial charge in [0.05, 0.1) is 27.7 Å². The second kappa shape index (κ2) is 33.6. The third kappa shape index (κ3) is 36.5. The summed E-state index contributed by atoms with van der Waals surface area (Å²) in [5.74, 6) is -0.840. The normalized spacial score (nSPS) is 13.8. The highest BCUT2D eigenvalue weighted by atomic mass is 31.2. The molecule has 0 spiro atoms. The summed E-state index contributed by atoms with van der Waals surface area (Å²) in [4.78, 5) is 37.3. The number of hydrogen-bond acceptors (Lipinski definition) is 8. The fourth-order valence-electron chi connectivity index (χ4n) is 5.53. The predicted molar refractivity (Wildman–Crippen MR) is 204 cm³/mol. The summed E-state index contributed by atoms with van der Waals surface area (Å²) in [5.41, 5.74) is 0. The first kappa shape index (κ1) is 48.8. The molecule has 2 unspecified atom stereocenters. The van der Waals surface area contributed by atoms with Gasteiger partial charge in [0.25, 0.3) is 7.82 Å². The molecule has 0 saturated heterocycles. The highest BCUT2D eigenvalue weighted by molar-refractivity contribution is 7.45. The molecule has 0 aromatic heterocycles. The number of quaternary nitrogens is 1. The molecule has 0 bridgehead atoms. The van der Waals surface area contributed by atoms with Crippen LogP contribution < -0.4 is 4.89 Å². The van der Waals surface area contributed by atoms with Crippen LogP contribution in [0.5, 0.6) is 0 Å². The topological polar surface area (TPSA) is 111 Å². The molecular formula is C40H78NO8P.